The minimum Gasteiger partial charge on any atom is -0.388 e. The van der Waals surface area contributed by atoms with Crippen LogP contribution < -0.4 is 0 Å². The molecule has 0 spiro atoms. The second-order valence-electron chi connectivity index (χ2n) is 4.11. The maximum absolute atomic E-state index is 10.1. The fourth-order valence-electron chi connectivity index (χ4n) is 1.75. The molecule has 2 aromatic rings. The van der Waals surface area contributed by atoms with Crippen LogP contribution in [0.4, 0.5) is 0 Å². The van der Waals surface area contributed by atoms with Gasteiger partial charge in [0.25, 0.3) is 0 Å². The lowest BCUT2D eigenvalue weighted by atomic mass is 10.0. The average Bonchev–Trinajstić information content (AvgIpc) is 2.32. The molecule has 17 heavy (non-hydrogen) atoms. The highest BCUT2D eigenvalue weighted by molar-refractivity contribution is 6.31. The summed E-state index contributed by atoms with van der Waals surface area (Å²) in [7, 11) is 0. The Bertz CT molecular complexity index is 513. The number of aliphatic hydroxyl groups excluding tert-OH is 1. The molecular weight excluding hydrogens is 234 g/mol. The lowest BCUT2D eigenvalue weighted by Gasteiger charge is -2.12. The number of benzene rings is 1. The maximum Gasteiger partial charge on any atom is 0.0845 e. The Kier molecular flexibility index (Phi) is 3.77. The zero-order valence-corrected chi connectivity index (χ0v) is 10.4. The van der Waals surface area contributed by atoms with E-state index in [4.69, 9.17) is 11.6 Å². The van der Waals surface area contributed by atoms with Gasteiger partial charge in [-0.3, -0.25) is 4.98 Å². The second kappa shape index (κ2) is 5.30. The predicted octanol–water partition coefficient (Wildman–Crippen LogP) is 3.32. The van der Waals surface area contributed by atoms with Gasteiger partial charge in [0.05, 0.1) is 6.10 Å². The highest BCUT2D eigenvalue weighted by Crippen LogP contribution is 2.23. The minimum atomic E-state index is -0.567. The number of halogens is 1. The van der Waals surface area contributed by atoms with E-state index in [1.807, 2.05) is 37.3 Å². The molecule has 3 heteroatoms. The second-order valence-corrected chi connectivity index (χ2v) is 4.51. The molecule has 1 aromatic carbocycles. The molecule has 0 saturated carbocycles. The number of aromatic nitrogens is 1. The van der Waals surface area contributed by atoms with Crippen LogP contribution in [0.2, 0.25) is 5.02 Å². The van der Waals surface area contributed by atoms with Crippen molar-refractivity contribution in [1.29, 1.82) is 0 Å². The summed E-state index contributed by atoms with van der Waals surface area (Å²) in [6, 6.07) is 9.50. The third kappa shape index (κ3) is 3.05. The summed E-state index contributed by atoms with van der Waals surface area (Å²) in [4.78, 5) is 4.08. The summed E-state index contributed by atoms with van der Waals surface area (Å²) in [6.07, 6.45) is 3.40. The third-order valence-corrected chi connectivity index (χ3v) is 3.02. The van der Waals surface area contributed by atoms with Crippen molar-refractivity contribution in [2.45, 2.75) is 19.4 Å². The minimum absolute atomic E-state index is 0.505. The third-order valence-electron chi connectivity index (χ3n) is 2.65. The summed E-state index contributed by atoms with van der Waals surface area (Å²) < 4.78 is 0. The van der Waals surface area contributed by atoms with E-state index < -0.39 is 6.10 Å². The van der Waals surface area contributed by atoms with Crippen molar-refractivity contribution in [2.24, 2.45) is 0 Å². The van der Waals surface area contributed by atoms with Crippen molar-refractivity contribution in [1.82, 2.24) is 4.98 Å². The van der Waals surface area contributed by atoms with Gasteiger partial charge in [0, 0.05) is 23.8 Å². The Labute approximate surface area is 106 Å². The number of pyridine rings is 1. The molecule has 1 aromatic heterocycles. The molecule has 1 N–H and O–H groups in total. The van der Waals surface area contributed by atoms with E-state index in [0.29, 0.717) is 11.4 Å². The molecule has 0 aliphatic carbocycles. The standard InChI is InChI=1S/C14H14ClNO/c1-10-6-12(9-16-8-10)14(17)7-11-4-2-3-5-13(11)15/h2-6,8-9,14,17H,7H2,1H3. The zero-order valence-electron chi connectivity index (χ0n) is 9.60. The Morgan fingerprint density at radius 2 is 2.06 bits per heavy atom. The highest BCUT2D eigenvalue weighted by Gasteiger charge is 2.10. The maximum atomic E-state index is 10.1. The van der Waals surface area contributed by atoms with E-state index in [1.165, 1.54) is 0 Å². The van der Waals surface area contributed by atoms with Crippen LogP contribution in [-0.2, 0) is 6.42 Å². The molecule has 0 fully saturated rings. The first kappa shape index (κ1) is 12.1. The van der Waals surface area contributed by atoms with Crippen LogP contribution >= 0.6 is 11.6 Å². The molecule has 0 radical (unpaired) electrons. The van der Waals surface area contributed by atoms with Crippen LogP contribution in [0.5, 0.6) is 0 Å². The lowest BCUT2D eigenvalue weighted by molar-refractivity contribution is 0.178. The van der Waals surface area contributed by atoms with Gasteiger partial charge < -0.3 is 5.11 Å². The number of rotatable bonds is 3. The Balaban J connectivity index is 2.17. The molecule has 88 valence electrons. The molecule has 0 bridgehead atoms. The molecule has 0 amide bonds. The molecule has 0 saturated heterocycles. The highest BCUT2D eigenvalue weighted by atomic mass is 35.5. The van der Waals surface area contributed by atoms with Gasteiger partial charge in [-0.15, -0.1) is 0 Å². The number of aryl methyl sites for hydroxylation is 1. The number of aliphatic hydroxyl groups is 1. The van der Waals surface area contributed by atoms with Gasteiger partial charge in [0.1, 0.15) is 0 Å². The SMILES string of the molecule is Cc1cncc(C(O)Cc2ccccc2Cl)c1. The van der Waals surface area contributed by atoms with Gasteiger partial charge >= 0.3 is 0 Å². The van der Waals surface area contributed by atoms with Crippen LogP contribution in [0.15, 0.2) is 42.7 Å². The van der Waals surface area contributed by atoms with Crippen LogP contribution in [-0.4, -0.2) is 10.1 Å². The van der Waals surface area contributed by atoms with Gasteiger partial charge in [0.2, 0.25) is 0 Å². The van der Waals surface area contributed by atoms with Crippen LogP contribution in [0.3, 0.4) is 0 Å². The first-order chi connectivity index (χ1) is 8.16. The topological polar surface area (TPSA) is 33.1 Å². The van der Waals surface area contributed by atoms with E-state index in [1.54, 1.807) is 12.4 Å². The normalized spacial score (nSPS) is 12.4. The summed E-state index contributed by atoms with van der Waals surface area (Å²) in [5.41, 5.74) is 2.81. The van der Waals surface area contributed by atoms with Crippen LogP contribution in [0.1, 0.15) is 22.8 Å². The Morgan fingerprint density at radius 3 is 2.76 bits per heavy atom. The molecule has 1 heterocycles. The summed E-state index contributed by atoms with van der Waals surface area (Å²) in [5.74, 6) is 0. The van der Waals surface area contributed by atoms with Crippen molar-refractivity contribution >= 4 is 11.6 Å². The number of hydrogen-bond donors (Lipinski definition) is 1. The smallest absolute Gasteiger partial charge is 0.0845 e. The summed E-state index contributed by atoms with van der Waals surface area (Å²) in [6.45, 7) is 1.96. The van der Waals surface area contributed by atoms with Crippen LogP contribution in [0.25, 0.3) is 0 Å². The van der Waals surface area contributed by atoms with E-state index in [-0.39, 0.29) is 0 Å². The molecule has 2 rings (SSSR count). The molecule has 1 unspecified atom stereocenters. The van der Waals surface area contributed by atoms with Crippen molar-refractivity contribution in [3.63, 3.8) is 0 Å². The van der Waals surface area contributed by atoms with Gasteiger partial charge in [-0.2, -0.15) is 0 Å². The van der Waals surface area contributed by atoms with E-state index >= 15 is 0 Å². The monoisotopic (exact) mass is 247 g/mol. The summed E-state index contributed by atoms with van der Waals surface area (Å²) in [5, 5.41) is 10.8. The average molecular weight is 248 g/mol. The van der Waals surface area contributed by atoms with Crippen LogP contribution in [0, 0.1) is 6.92 Å². The lowest BCUT2D eigenvalue weighted by Crippen LogP contribution is -2.03. The first-order valence-electron chi connectivity index (χ1n) is 5.50. The zero-order chi connectivity index (χ0) is 12.3. The first-order valence-corrected chi connectivity index (χ1v) is 5.87. The fourth-order valence-corrected chi connectivity index (χ4v) is 1.96. The number of nitrogens with zero attached hydrogens (tertiary/aromatic N) is 1. The molecule has 1 atom stereocenters. The van der Waals surface area contributed by atoms with Crippen molar-refractivity contribution in [3.05, 3.63) is 64.4 Å². The van der Waals surface area contributed by atoms with E-state index in [2.05, 4.69) is 4.98 Å². The predicted molar refractivity (Wildman–Crippen MR) is 69.1 cm³/mol. The van der Waals surface area contributed by atoms with E-state index in [0.717, 1.165) is 16.7 Å². The van der Waals surface area contributed by atoms with Crippen molar-refractivity contribution in [3.8, 4) is 0 Å². The largest absolute Gasteiger partial charge is 0.388 e. The molecule has 0 aliphatic rings. The van der Waals surface area contributed by atoms with Crippen molar-refractivity contribution < 1.29 is 5.11 Å². The van der Waals surface area contributed by atoms with E-state index in [9.17, 15) is 5.11 Å². The number of hydrogen-bond acceptors (Lipinski definition) is 2. The fraction of sp³-hybridized carbons (Fsp3) is 0.214. The van der Waals surface area contributed by atoms with Gasteiger partial charge in [-0.05, 0) is 29.7 Å². The Morgan fingerprint density at radius 1 is 1.29 bits per heavy atom. The van der Waals surface area contributed by atoms with Gasteiger partial charge in [0.15, 0.2) is 0 Å². The van der Waals surface area contributed by atoms with Gasteiger partial charge in [-0.1, -0.05) is 35.9 Å². The molecule has 0 aliphatic heterocycles. The van der Waals surface area contributed by atoms with Crippen molar-refractivity contribution in [2.75, 3.05) is 0 Å². The molecule has 2 nitrogen and oxygen atoms in total. The molecular formula is C14H14ClNO. The van der Waals surface area contributed by atoms with Gasteiger partial charge in [-0.25, -0.2) is 0 Å². The Hall–Kier alpha value is -1.38. The summed E-state index contributed by atoms with van der Waals surface area (Å²) >= 11 is 6.06. The quantitative estimate of drug-likeness (QED) is 0.903.